The lowest BCUT2D eigenvalue weighted by Gasteiger charge is -2.09. The van der Waals surface area contributed by atoms with E-state index in [1.54, 1.807) is 0 Å². The fourth-order valence-corrected chi connectivity index (χ4v) is 2.67. The third-order valence-electron chi connectivity index (χ3n) is 3.60. The van der Waals surface area contributed by atoms with Crippen molar-refractivity contribution >= 4 is 34.5 Å². The second kappa shape index (κ2) is 10.9. The number of nitrogens with two attached hydrogens (primary N) is 1. The summed E-state index contributed by atoms with van der Waals surface area (Å²) in [7, 11) is 0. The van der Waals surface area contributed by atoms with Crippen LogP contribution in [0.25, 0.3) is 0 Å². The number of anilines is 1. The Balaban J connectivity index is 2.14. The predicted molar refractivity (Wildman–Crippen MR) is 98.4 cm³/mol. The molecule has 0 aliphatic rings. The Morgan fingerprint density at radius 2 is 1.71 bits per heavy atom. The molecule has 0 atom stereocenters. The van der Waals surface area contributed by atoms with Crippen LogP contribution in [0.2, 0.25) is 5.02 Å². The van der Waals surface area contributed by atoms with E-state index in [4.69, 9.17) is 29.6 Å². The molecular weight excluding hydrogens is 300 g/mol. The first-order chi connectivity index (χ1) is 10.1. The first-order valence-corrected chi connectivity index (χ1v) is 8.77. The standard InChI is InChI=1S/C17H27ClN2S/c1-2-3-4-5-6-7-8-9-12-20-16-11-10-14(17(19)21)13-15(16)18/h10-11,13,20H,2-9,12H2,1H3,(H2,19,21). The molecule has 1 aromatic rings. The van der Waals surface area contributed by atoms with Crippen LogP contribution in [-0.4, -0.2) is 11.5 Å². The number of rotatable bonds is 11. The summed E-state index contributed by atoms with van der Waals surface area (Å²) in [6, 6.07) is 5.67. The third kappa shape index (κ3) is 7.68. The monoisotopic (exact) mass is 326 g/mol. The zero-order chi connectivity index (χ0) is 15.5. The molecule has 118 valence electrons. The van der Waals surface area contributed by atoms with Crippen molar-refractivity contribution in [2.75, 3.05) is 11.9 Å². The largest absolute Gasteiger partial charge is 0.389 e. The Hall–Kier alpha value is -0.800. The van der Waals surface area contributed by atoms with E-state index in [2.05, 4.69) is 12.2 Å². The predicted octanol–water partition coefficient (Wildman–Crippen LogP) is 5.53. The number of benzene rings is 1. The quantitative estimate of drug-likeness (QED) is 0.415. The van der Waals surface area contributed by atoms with Gasteiger partial charge in [-0.1, -0.05) is 75.7 Å². The van der Waals surface area contributed by atoms with Gasteiger partial charge < -0.3 is 11.1 Å². The summed E-state index contributed by atoms with van der Waals surface area (Å²) in [6.45, 7) is 3.21. The molecule has 0 saturated heterocycles. The molecule has 0 unspecified atom stereocenters. The second-order valence-corrected chi connectivity index (χ2v) is 6.31. The summed E-state index contributed by atoms with van der Waals surface area (Å²) in [5.41, 5.74) is 7.35. The van der Waals surface area contributed by atoms with Crippen LogP contribution in [-0.2, 0) is 0 Å². The minimum absolute atomic E-state index is 0.381. The van der Waals surface area contributed by atoms with Gasteiger partial charge in [-0.15, -0.1) is 0 Å². The van der Waals surface area contributed by atoms with E-state index in [1.807, 2.05) is 18.2 Å². The van der Waals surface area contributed by atoms with Gasteiger partial charge in [0.15, 0.2) is 0 Å². The molecule has 21 heavy (non-hydrogen) atoms. The van der Waals surface area contributed by atoms with Crippen molar-refractivity contribution in [2.45, 2.75) is 58.3 Å². The average Bonchev–Trinajstić information content (AvgIpc) is 2.46. The van der Waals surface area contributed by atoms with E-state index in [0.717, 1.165) is 17.8 Å². The molecule has 0 aliphatic carbocycles. The van der Waals surface area contributed by atoms with E-state index in [1.165, 1.54) is 51.4 Å². The lowest BCUT2D eigenvalue weighted by Crippen LogP contribution is -2.09. The summed E-state index contributed by atoms with van der Waals surface area (Å²) in [5.74, 6) is 0. The number of hydrogen-bond acceptors (Lipinski definition) is 2. The third-order valence-corrected chi connectivity index (χ3v) is 4.15. The van der Waals surface area contributed by atoms with Crippen LogP contribution in [0.15, 0.2) is 18.2 Å². The molecular formula is C17H27ClN2S. The minimum atomic E-state index is 0.381. The van der Waals surface area contributed by atoms with Crippen molar-refractivity contribution in [1.29, 1.82) is 0 Å². The lowest BCUT2D eigenvalue weighted by atomic mass is 10.1. The summed E-state index contributed by atoms with van der Waals surface area (Å²) in [6.07, 6.45) is 10.6. The van der Waals surface area contributed by atoms with Gasteiger partial charge in [0.05, 0.1) is 10.7 Å². The van der Waals surface area contributed by atoms with Crippen molar-refractivity contribution in [2.24, 2.45) is 5.73 Å². The van der Waals surface area contributed by atoms with E-state index in [9.17, 15) is 0 Å². The topological polar surface area (TPSA) is 38.0 Å². The lowest BCUT2D eigenvalue weighted by molar-refractivity contribution is 0.581. The summed E-state index contributed by atoms with van der Waals surface area (Å²) in [5, 5.41) is 4.05. The Labute approximate surface area is 139 Å². The van der Waals surface area contributed by atoms with Gasteiger partial charge >= 0.3 is 0 Å². The highest BCUT2D eigenvalue weighted by molar-refractivity contribution is 7.80. The van der Waals surface area contributed by atoms with Crippen molar-refractivity contribution in [1.82, 2.24) is 0 Å². The number of halogens is 1. The molecule has 0 fully saturated rings. The highest BCUT2D eigenvalue weighted by atomic mass is 35.5. The van der Waals surface area contributed by atoms with Crippen LogP contribution >= 0.6 is 23.8 Å². The van der Waals surface area contributed by atoms with Gasteiger partial charge in [-0.05, 0) is 24.6 Å². The molecule has 0 aliphatic heterocycles. The summed E-state index contributed by atoms with van der Waals surface area (Å²) >= 11 is 11.1. The Kier molecular flexibility index (Phi) is 9.44. The van der Waals surface area contributed by atoms with Crippen molar-refractivity contribution in [3.05, 3.63) is 28.8 Å². The number of nitrogens with one attached hydrogen (secondary N) is 1. The molecule has 2 nitrogen and oxygen atoms in total. The molecule has 1 rings (SSSR count). The van der Waals surface area contributed by atoms with E-state index in [0.29, 0.717) is 10.0 Å². The molecule has 0 heterocycles. The SMILES string of the molecule is CCCCCCCCCCNc1ccc(C(N)=S)cc1Cl. The molecule has 3 N–H and O–H groups in total. The van der Waals surface area contributed by atoms with Crippen molar-refractivity contribution in [3.63, 3.8) is 0 Å². The Morgan fingerprint density at radius 1 is 1.10 bits per heavy atom. The second-order valence-electron chi connectivity index (χ2n) is 5.46. The first-order valence-electron chi connectivity index (χ1n) is 7.98. The van der Waals surface area contributed by atoms with Crippen LogP contribution in [0.5, 0.6) is 0 Å². The average molecular weight is 327 g/mol. The Bertz CT molecular complexity index is 435. The highest BCUT2D eigenvalue weighted by Crippen LogP contribution is 2.23. The zero-order valence-electron chi connectivity index (χ0n) is 13.0. The summed E-state index contributed by atoms with van der Waals surface area (Å²) in [4.78, 5) is 0.381. The highest BCUT2D eigenvalue weighted by Gasteiger charge is 2.03. The van der Waals surface area contributed by atoms with Crippen LogP contribution in [0.3, 0.4) is 0 Å². The molecule has 0 aromatic heterocycles. The molecule has 4 heteroatoms. The fraction of sp³-hybridized carbons (Fsp3) is 0.588. The number of thiocarbonyl (C=S) groups is 1. The van der Waals surface area contributed by atoms with Crippen LogP contribution < -0.4 is 11.1 Å². The van der Waals surface area contributed by atoms with Crippen molar-refractivity contribution < 1.29 is 0 Å². The van der Waals surface area contributed by atoms with E-state index < -0.39 is 0 Å². The van der Waals surface area contributed by atoms with Gasteiger partial charge in [0.25, 0.3) is 0 Å². The van der Waals surface area contributed by atoms with Gasteiger partial charge in [-0.3, -0.25) is 0 Å². The number of hydrogen-bond donors (Lipinski definition) is 2. The maximum Gasteiger partial charge on any atom is 0.104 e. The maximum absolute atomic E-state index is 6.21. The zero-order valence-corrected chi connectivity index (χ0v) is 14.5. The van der Waals surface area contributed by atoms with Gasteiger partial charge in [-0.25, -0.2) is 0 Å². The van der Waals surface area contributed by atoms with Gasteiger partial charge in [-0.2, -0.15) is 0 Å². The molecule has 0 amide bonds. The minimum Gasteiger partial charge on any atom is -0.389 e. The molecule has 0 bridgehead atoms. The molecule has 0 spiro atoms. The maximum atomic E-state index is 6.21. The van der Waals surface area contributed by atoms with Crippen LogP contribution in [0, 0.1) is 0 Å². The van der Waals surface area contributed by atoms with Gasteiger partial charge in [0.1, 0.15) is 4.99 Å². The first kappa shape index (κ1) is 18.2. The molecule has 0 saturated carbocycles. The van der Waals surface area contributed by atoms with Gasteiger partial charge in [0.2, 0.25) is 0 Å². The van der Waals surface area contributed by atoms with Crippen LogP contribution in [0.4, 0.5) is 5.69 Å². The van der Waals surface area contributed by atoms with E-state index in [-0.39, 0.29) is 0 Å². The fourth-order valence-electron chi connectivity index (χ4n) is 2.29. The van der Waals surface area contributed by atoms with Gasteiger partial charge in [0, 0.05) is 12.1 Å². The van der Waals surface area contributed by atoms with Crippen LogP contribution in [0.1, 0.15) is 63.9 Å². The normalized spacial score (nSPS) is 10.6. The molecule has 1 aromatic carbocycles. The Morgan fingerprint density at radius 3 is 2.29 bits per heavy atom. The summed E-state index contributed by atoms with van der Waals surface area (Å²) < 4.78 is 0. The number of unbranched alkanes of at least 4 members (excludes halogenated alkanes) is 7. The van der Waals surface area contributed by atoms with E-state index >= 15 is 0 Å². The molecule has 0 radical (unpaired) electrons. The smallest absolute Gasteiger partial charge is 0.104 e. The van der Waals surface area contributed by atoms with Crippen molar-refractivity contribution in [3.8, 4) is 0 Å².